The van der Waals surface area contributed by atoms with Crippen LogP contribution in [0.1, 0.15) is 48.0 Å². The monoisotopic (exact) mass is 694 g/mol. The van der Waals surface area contributed by atoms with E-state index < -0.39 is 24.2 Å². The van der Waals surface area contributed by atoms with Gasteiger partial charge in [-0.1, -0.05) is 25.0 Å². The Balaban J connectivity index is 1.70. The van der Waals surface area contributed by atoms with Crippen LogP contribution in [-0.4, -0.2) is 78.3 Å². The minimum Gasteiger partial charge on any atom is -0.493 e. The summed E-state index contributed by atoms with van der Waals surface area (Å²) in [6.07, 6.45) is 3.76. The lowest BCUT2D eigenvalue weighted by Gasteiger charge is -2.41. The van der Waals surface area contributed by atoms with E-state index in [-0.39, 0.29) is 55.3 Å². The van der Waals surface area contributed by atoms with Crippen molar-refractivity contribution in [3.8, 4) is 11.5 Å². The molecule has 42 heavy (non-hydrogen) atoms. The molecule has 0 bridgehead atoms. The van der Waals surface area contributed by atoms with Crippen molar-refractivity contribution < 1.29 is 38.5 Å². The quantitative estimate of drug-likeness (QED) is 0.230. The lowest BCUT2D eigenvalue weighted by molar-refractivity contribution is -0.142. The van der Waals surface area contributed by atoms with Crippen LogP contribution in [0.5, 0.6) is 11.5 Å². The number of aliphatic hydroxyl groups excluding tert-OH is 2. The highest BCUT2D eigenvalue weighted by molar-refractivity contribution is 14.1. The zero-order valence-corrected chi connectivity index (χ0v) is 25.6. The van der Waals surface area contributed by atoms with Crippen LogP contribution in [0.4, 0.5) is 4.39 Å². The number of hydrogen-bond acceptors (Lipinski definition) is 7. The third-order valence-electron chi connectivity index (χ3n) is 7.77. The maximum Gasteiger partial charge on any atom is 0.247 e. The number of hydrogen-bond donors (Lipinski definition) is 3. The molecule has 3 N–H and O–H groups in total. The van der Waals surface area contributed by atoms with E-state index in [0.29, 0.717) is 33.0 Å². The summed E-state index contributed by atoms with van der Waals surface area (Å²) in [5, 5.41) is 23.6. The molecule has 0 heterocycles. The number of rotatable bonds is 12. The van der Waals surface area contributed by atoms with Gasteiger partial charge in [-0.25, -0.2) is 4.39 Å². The molecule has 2 aliphatic carbocycles. The van der Waals surface area contributed by atoms with Crippen LogP contribution in [0.3, 0.4) is 0 Å². The molecule has 3 atom stereocenters. The van der Waals surface area contributed by atoms with Crippen LogP contribution >= 0.6 is 22.6 Å². The topological polar surface area (TPSA) is 125 Å². The van der Waals surface area contributed by atoms with Gasteiger partial charge < -0.3 is 29.9 Å². The molecule has 1 fully saturated rings. The van der Waals surface area contributed by atoms with Crippen LogP contribution < -0.4 is 14.8 Å². The molecular weight excluding hydrogens is 658 g/mol. The number of halogens is 2. The number of carbonyl (C=O) groups is 3. The molecule has 9 nitrogen and oxygen atoms in total. The number of aliphatic hydroxyl groups is 2. The zero-order chi connectivity index (χ0) is 30.2. The molecule has 4 rings (SSSR count). The molecule has 0 saturated heterocycles. The number of amides is 2. The second-order valence-corrected chi connectivity index (χ2v) is 11.7. The molecule has 226 valence electrons. The van der Waals surface area contributed by atoms with Crippen LogP contribution in [-0.2, 0) is 16.0 Å². The third kappa shape index (κ3) is 7.67. The largest absolute Gasteiger partial charge is 0.493 e. The van der Waals surface area contributed by atoms with Crippen LogP contribution in [0, 0.1) is 15.3 Å². The van der Waals surface area contributed by atoms with Gasteiger partial charge in [0, 0.05) is 36.6 Å². The summed E-state index contributed by atoms with van der Waals surface area (Å²) in [6.45, 7) is 0.00908. The van der Waals surface area contributed by atoms with Gasteiger partial charge in [0.2, 0.25) is 11.8 Å². The zero-order valence-electron chi connectivity index (χ0n) is 23.4. The van der Waals surface area contributed by atoms with Gasteiger partial charge in [0.1, 0.15) is 24.3 Å². The summed E-state index contributed by atoms with van der Waals surface area (Å²) in [5.41, 5.74) is 1.40. The smallest absolute Gasteiger partial charge is 0.247 e. The lowest BCUT2D eigenvalue weighted by Crippen LogP contribution is -2.56. The van der Waals surface area contributed by atoms with Crippen molar-refractivity contribution >= 4 is 40.7 Å². The van der Waals surface area contributed by atoms with E-state index in [1.54, 1.807) is 23.1 Å². The second kappa shape index (κ2) is 14.9. The number of benzene rings is 2. The second-order valence-electron chi connectivity index (χ2n) is 10.6. The molecule has 2 amide bonds. The van der Waals surface area contributed by atoms with Crippen LogP contribution in [0.15, 0.2) is 48.0 Å². The Labute approximate surface area is 258 Å². The Bertz CT molecular complexity index is 1310. The summed E-state index contributed by atoms with van der Waals surface area (Å²) >= 11 is 2.01. The summed E-state index contributed by atoms with van der Waals surface area (Å²) in [7, 11) is 1.44. The molecule has 0 spiro atoms. The molecule has 0 aliphatic heterocycles. The highest BCUT2D eigenvalue weighted by Crippen LogP contribution is 2.37. The van der Waals surface area contributed by atoms with Gasteiger partial charge in [0.05, 0.1) is 23.3 Å². The Morgan fingerprint density at radius 3 is 2.64 bits per heavy atom. The average molecular weight is 695 g/mol. The minimum atomic E-state index is -1.22. The normalized spacial score (nSPS) is 20.5. The molecule has 3 unspecified atom stereocenters. The maximum atomic E-state index is 13.9. The van der Waals surface area contributed by atoms with Gasteiger partial charge in [0.15, 0.2) is 11.5 Å². The average Bonchev–Trinajstić information content (AvgIpc) is 3.53. The molecule has 0 aromatic heterocycles. The van der Waals surface area contributed by atoms with Crippen molar-refractivity contribution in [2.75, 3.05) is 26.8 Å². The molecular formula is C31H36FIN2O7. The van der Waals surface area contributed by atoms with Gasteiger partial charge >= 0.3 is 0 Å². The maximum absolute atomic E-state index is 13.9. The number of nitrogens with zero attached hydrogens (tertiary/aromatic N) is 1. The molecule has 2 aliphatic rings. The van der Waals surface area contributed by atoms with E-state index in [0.717, 1.165) is 25.7 Å². The van der Waals surface area contributed by atoms with Crippen LogP contribution in [0.25, 0.3) is 0 Å². The highest BCUT2D eigenvalue weighted by atomic mass is 127. The number of aldehydes is 1. The number of carbonyl (C=O) groups excluding carboxylic acids is 3. The number of methoxy groups -OCH3 is 1. The standard InChI is InChI=1S/C31H36FIN2O7/c1-41-27-15-20(18-37)14-24(33)29(27)42-26-17-22(30(39)34-10-12-36)16-25(28(26)38)35(31(40)21-6-2-3-7-21)11-9-19-5-4-8-23(32)13-19/h4-5,8,13-15,17-18,21,25-26,28,36,38H,2-3,6-7,9-12,16H2,1H3,(H,34,39). The fraction of sp³-hybridized carbons (Fsp3) is 0.452. The lowest BCUT2D eigenvalue weighted by atomic mass is 9.87. The van der Waals surface area contributed by atoms with Crippen molar-refractivity contribution in [1.82, 2.24) is 10.2 Å². The first-order valence-electron chi connectivity index (χ1n) is 14.1. The Morgan fingerprint density at radius 1 is 1.21 bits per heavy atom. The van der Waals surface area contributed by atoms with Crippen LogP contribution in [0.2, 0.25) is 0 Å². The van der Waals surface area contributed by atoms with Gasteiger partial charge in [-0.05, 0) is 77.8 Å². The van der Waals surface area contributed by atoms with Gasteiger partial charge in [-0.2, -0.15) is 0 Å². The summed E-state index contributed by atoms with van der Waals surface area (Å²) in [4.78, 5) is 40.0. The van der Waals surface area contributed by atoms with E-state index in [1.807, 2.05) is 22.6 Å². The minimum absolute atomic E-state index is 0.0398. The predicted octanol–water partition coefficient (Wildman–Crippen LogP) is 3.43. The molecule has 2 aromatic carbocycles. The van der Waals surface area contributed by atoms with Gasteiger partial charge in [-0.15, -0.1) is 0 Å². The molecule has 1 saturated carbocycles. The Hall–Kier alpha value is -3.03. The predicted molar refractivity (Wildman–Crippen MR) is 162 cm³/mol. The molecule has 0 radical (unpaired) electrons. The fourth-order valence-electron chi connectivity index (χ4n) is 5.63. The van der Waals surface area contributed by atoms with E-state index in [1.165, 1.54) is 31.4 Å². The third-order valence-corrected chi connectivity index (χ3v) is 8.58. The van der Waals surface area contributed by atoms with E-state index in [9.17, 15) is 29.0 Å². The van der Waals surface area contributed by atoms with Gasteiger partial charge in [-0.3, -0.25) is 14.4 Å². The van der Waals surface area contributed by atoms with Crippen molar-refractivity contribution in [2.45, 2.75) is 56.8 Å². The summed E-state index contributed by atoms with van der Waals surface area (Å²) in [6, 6.07) is 8.51. The first kappa shape index (κ1) is 31.9. The SMILES string of the molecule is COc1cc(C=O)cc(I)c1OC1C=C(C(=O)NCCO)CC(N(CCc2cccc(F)c2)C(=O)C2CCCC2)C1O. The van der Waals surface area contributed by atoms with E-state index >= 15 is 0 Å². The first-order chi connectivity index (χ1) is 20.2. The Kier molecular flexibility index (Phi) is 11.3. The molecule has 11 heteroatoms. The van der Waals surface area contributed by atoms with Gasteiger partial charge in [0.25, 0.3) is 0 Å². The highest BCUT2D eigenvalue weighted by Gasteiger charge is 2.42. The first-order valence-corrected chi connectivity index (χ1v) is 15.2. The van der Waals surface area contributed by atoms with Crippen molar-refractivity contribution in [1.29, 1.82) is 0 Å². The number of ether oxygens (including phenoxy) is 2. The van der Waals surface area contributed by atoms with E-state index in [2.05, 4.69) is 5.32 Å². The van der Waals surface area contributed by atoms with Crippen molar-refractivity contribution in [2.24, 2.45) is 5.92 Å². The summed E-state index contributed by atoms with van der Waals surface area (Å²) in [5.74, 6) is -0.547. The van der Waals surface area contributed by atoms with E-state index in [4.69, 9.17) is 9.47 Å². The number of nitrogens with one attached hydrogen (secondary N) is 1. The molecule has 2 aromatic rings. The summed E-state index contributed by atoms with van der Waals surface area (Å²) < 4.78 is 26.2. The fourth-order valence-corrected chi connectivity index (χ4v) is 6.38. The van der Waals surface area contributed by atoms with Crippen molar-refractivity contribution in [3.63, 3.8) is 0 Å². The van der Waals surface area contributed by atoms with Crippen molar-refractivity contribution in [3.05, 3.63) is 68.6 Å². The Morgan fingerprint density at radius 2 is 1.98 bits per heavy atom.